The Morgan fingerprint density at radius 1 is 0.935 bits per heavy atom. The molecule has 3 aromatic carbocycles. The molecular formula is C25H26N2O4. The summed E-state index contributed by atoms with van der Waals surface area (Å²) in [6, 6.07) is 19.7. The van der Waals surface area contributed by atoms with E-state index in [-0.39, 0.29) is 11.3 Å². The van der Waals surface area contributed by atoms with Gasteiger partial charge in [0.05, 0.1) is 23.4 Å². The van der Waals surface area contributed by atoms with E-state index in [2.05, 4.69) is 17.6 Å². The number of nitrogens with one attached hydrogen (secondary N) is 2. The van der Waals surface area contributed by atoms with Crippen molar-refractivity contribution in [2.45, 2.75) is 19.8 Å². The molecular weight excluding hydrogens is 392 g/mol. The molecule has 0 unspecified atom stereocenters. The van der Waals surface area contributed by atoms with Gasteiger partial charge in [0.1, 0.15) is 5.75 Å². The van der Waals surface area contributed by atoms with Crippen LogP contribution in [0.25, 0.3) is 11.1 Å². The number of hydrogen-bond acceptors (Lipinski definition) is 4. The molecule has 0 heterocycles. The van der Waals surface area contributed by atoms with Crippen molar-refractivity contribution in [3.05, 3.63) is 77.9 Å². The predicted octanol–water partition coefficient (Wildman–Crippen LogP) is 5.52. The summed E-state index contributed by atoms with van der Waals surface area (Å²) in [6.45, 7) is 2.56. The fraction of sp³-hybridized carbons (Fsp3) is 0.200. The first-order chi connectivity index (χ1) is 15.0. The summed E-state index contributed by atoms with van der Waals surface area (Å²) < 4.78 is 5.83. The van der Waals surface area contributed by atoms with Crippen molar-refractivity contribution in [3.8, 4) is 16.9 Å². The van der Waals surface area contributed by atoms with Crippen LogP contribution in [-0.4, -0.2) is 30.6 Å². The maximum Gasteiger partial charge on any atom is 0.337 e. The molecule has 0 radical (unpaired) electrons. The number of carboxylic acid groups (broad SMARTS) is 1. The van der Waals surface area contributed by atoms with Crippen molar-refractivity contribution < 1.29 is 19.4 Å². The number of rotatable bonds is 9. The molecule has 160 valence electrons. The Bertz CT molecular complexity index is 1060. The third-order valence-electron chi connectivity index (χ3n) is 4.88. The van der Waals surface area contributed by atoms with Gasteiger partial charge in [-0.2, -0.15) is 0 Å². The molecule has 6 heteroatoms. The highest BCUT2D eigenvalue weighted by Gasteiger charge is 2.18. The normalized spacial score (nSPS) is 10.4. The lowest BCUT2D eigenvalue weighted by molar-refractivity contribution is 0.0698. The van der Waals surface area contributed by atoms with E-state index in [4.69, 9.17) is 4.74 Å². The van der Waals surface area contributed by atoms with E-state index in [1.165, 1.54) is 6.07 Å². The third kappa shape index (κ3) is 5.42. The Labute approximate surface area is 181 Å². The van der Waals surface area contributed by atoms with Crippen LogP contribution in [0.3, 0.4) is 0 Å². The molecule has 0 aromatic heterocycles. The van der Waals surface area contributed by atoms with Crippen molar-refractivity contribution in [1.82, 2.24) is 0 Å². The number of anilines is 2. The quantitative estimate of drug-likeness (QED) is 0.398. The number of amides is 1. The molecule has 3 aromatic rings. The maximum atomic E-state index is 13.1. The zero-order valence-corrected chi connectivity index (χ0v) is 17.6. The van der Waals surface area contributed by atoms with Crippen molar-refractivity contribution in [3.63, 3.8) is 0 Å². The molecule has 0 aliphatic carbocycles. The lowest BCUT2D eigenvalue weighted by atomic mass is 10.0. The molecule has 1 amide bonds. The zero-order chi connectivity index (χ0) is 22.2. The first-order valence-electron chi connectivity index (χ1n) is 10.2. The fourth-order valence-electron chi connectivity index (χ4n) is 3.15. The Morgan fingerprint density at radius 3 is 2.35 bits per heavy atom. The average molecular weight is 418 g/mol. The number of unbranched alkanes of at least 4 members (excludes halogenated alkanes) is 1. The second-order valence-corrected chi connectivity index (χ2v) is 7.05. The summed E-state index contributed by atoms with van der Waals surface area (Å²) in [7, 11) is 1.79. The molecule has 0 aliphatic heterocycles. The molecule has 0 atom stereocenters. The molecule has 0 aliphatic rings. The monoisotopic (exact) mass is 418 g/mol. The Balaban J connectivity index is 1.94. The van der Waals surface area contributed by atoms with Gasteiger partial charge in [-0.3, -0.25) is 4.79 Å². The van der Waals surface area contributed by atoms with E-state index in [1.54, 1.807) is 37.4 Å². The van der Waals surface area contributed by atoms with Gasteiger partial charge in [-0.05, 0) is 41.8 Å². The minimum atomic E-state index is -1.11. The smallest absolute Gasteiger partial charge is 0.337 e. The highest BCUT2D eigenvalue weighted by Crippen LogP contribution is 2.28. The van der Waals surface area contributed by atoms with E-state index >= 15 is 0 Å². The topological polar surface area (TPSA) is 87.7 Å². The molecule has 31 heavy (non-hydrogen) atoms. The summed E-state index contributed by atoms with van der Waals surface area (Å²) in [4.78, 5) is 24.8. The SMILES string of the molecule is CCCCOc1cc(NC)ccc1C(=O)Nc1cc(-c2ccccc2)ccc1C(=O)O. The Hall–Kier alpha value is -3.80. The average Bonchev–Trinajstić information content (AvgIpc) is 2.79. The van der Waals surface area contributed by atoms with Crippen molar-refractivity contribution in [2.24, 2.45) is 0 Å². The van der Waals surface area contributed by atoms with Gasteiger partial charge in [-0.1, -0.05) is 49.7 Å². The van der Waals surface area contributed by atoms with Gasteiger partial charge in [-0.25, -0.2) is 4.79 Å². The third-order valence-corrected chi connectivity index (χ3v) is 4.88. The maximum absolute atomic E-state index is 13.1. The van der Waals surface area contributed by atoms with E-state index in [9.17, 15) is 14.7 Å². The van der Waals surface area contributed by atoms with Crippen LogP contribution in [0.1, 0.15) is 40.5 Å². The second-order valence-electron chi connectivity index (χ2n) is 7.05. The first-order valence-corrected chi connectivity index (χ1v) is 10.2. The van der Waals surface area contributed by atoms with Crippen molar-refractivity contribution in [2.75, 3.05) is 24.3 Å². The van der Waals surface area contributed by atoms with Gasteiger partial charge >= 0.3 is 5.97 Å². The highest BCUT2D eigenvalue weighted by atomic mass is 16.5. The number of carbonyl (C=O) groups is 2. The van der Waals surface area contributed by atoms with Gasteiger partial charge in [0.15, 0.2) is 0 Å². The molecule has 0 saturated carbocycles. The Morgan fingerprint density at radius 2 is 1.68 bits per heavy atom. The molecule has 6 nitrogen and oxygen atoms in total. The summed E-state index contributed by atoms with van der Waals surface area (Å²) in [5, 5.41) is 15.4. The lowest BCUT2D eigenvalue weighted by Crippen LogP contribution is -2.16. The number of carboxylic acids is 1. The van der Waals surface area contributed by atoms with Crippen LogP contribution >= 0.6 is 0 Å². The van der Waals surface area contributed by atoms with Crippen LogP contribution in [-0.2, 0) is 0 Å². The summed E-state index contributed by atoms with van der Waals surface area (Å²) in [6.07, 6.45) is 1.84. The lowest BCUT2D eigenvalue weighted by Gasteiger charge is -2.15. The minimum Gasteiger partial charge on any atom is -0.493 e. The molecule has 0 spiro atoms. The number of benzene rings is 3. The van der Waals surface area contributed by atoms with E-state index in [1.807, 2.05) is 30.3 Å². The fourth-order valence-corrected chi connectivity index (χ4v) is 3.15. The van der Waals surface area contributed by atoms with Crippen LogP contribution in [0.15, 0.2) is 66.7 Å². The first kappa shape index (κ1) is 21.9. The Kier molecular flexibility index (Phi) is 7.27. The van der Waals surface area contributed by atoms with Crippen LogP contribution in [0.2, 0.25) is 0 Å². The summed E-state index contributed by atoms with van der Waals surface area (Å²) in [5.74, 6) is -1.09. The van der Waals surface area contributed by atoms with E-state index in [0.29, 0.717) is 17.9 Å². The van der Waals surface area contributed by atoms with Gasteiger partial charge in [-0.15, -0.1) is 0 Å². The zero-order valence-electron chi connectivity index (χ0n) is 17.6. The molecule has 3 rings (SSSR count). The molecule has 0 fully saturated rings. The van der Waals surface area contributed by atoms with Crippen LogP contribution in [0, 0.1) is 0 Å². The van der Waals surface area contributed by atoms with Gasteiger partial charge in [0, 0.05) is 18.8 Å². The number of carbonyl (C=O) groups excluding carboxylic acids is 1. The predicted molar refractivity (Wildman–Crippen MR) is 123 cm³/mol. The van der Waals surface area contributed by atoms with Gasteiger partial charge in [0.25, 0.3) is 5.91 Å². The molecule has 0 saturated heterocycles. The van der Waals surface area contributed by atoms with E-state index in [0.717, 1.165) is 29.7 Å². The highest BCUT2D eigenvalue weighted by molar-refractivity contribution is 6.09. The number of aromatic carboxylic acids is 1. The van der Waals surface area contributed by atoms with Crippen LogP contribution < -0.4 is 15.4 Å². The van der Waals surface area contributed by atoms with Gasteiger partial charge in [0.2, 0.25) is 0 Å². The summed E-state index contributed by atoms with van der Waals surface area (Å²) in [5.41, 5.74) is 3.16. The van der Waals surface area contributed by atoms with E-state index < -0.39 is 11.9 Å². The van der Waals surface area contributed by atoms with Crippen LogP contribution in [0.5, 0.6) is 5.75 Å². The summed E-state index contributed by atoms with van der Waals surface area (Å²) >= 11 is 0. The largest absolute Gasteiger partial charge is 0.493 e. The van der Waals surface area contributed by atoms with Crippen molar-refractivity contribution in [1.29, 1.82) is 0 Å². The van der Waals surface area contributed by atoms with Crippen LogP contribution in [0.4, 0.5) is 11.4 Å². The molecule has 3 N–H and O–H groups in total. The minimum absolute atomic E-state index is 0.0216. The second kappa shape index (κ2) is 10.3. The van der Waals surface area contributed by atoms with Gasteiger partial charge < -0.3 is 20.5 Å². The van der Waals surface area contributed by atoms with Crippen molar-refractivity contribution >= 4 is 23.3 Å². The number of hydrogen-bond donors (Lipinski definition) is 3. The molecule has 0 bridgehead atoms. The number of ether oxygens (including phenoxy) is 1. The standard InChI is InChI=1S/C25H26N2O4/c1-3-4-14-31-23-16-19(26-2)11-13-21(23)24(28)27-22-15-18(10-12-20(22)25(29)30)17-8-6-5-7-9-17/h5-13,15-16,26H,3-4,14H2,1-2H3,(H,27,28)(H,29,30).